The molecular weight excluding hydrogens is 250 g/mol. The zero-order valence-corrected chi connectivity index (χ0v) is 12.3. The van der Waals surface area contributed by atoms with Gasteiger partial charge in [-0.3, -0.25) is 0 Å². The Bertz CT molecular complexity index is 391. The maximum atomic E-state index is 11.7. The van der Waals surface area contributed by atoms with Gasteiger partial charge < -0.3 is 15.0 Å². The van der Waals surface area contributed by atoms with E-state index in [0.29, 0.717) is 12.3 Å². The lowest BCUT2D eigenvalue weighted by Crippen LogP contribution is -2.20. The predicted octanol–water partition coefficient (Wildman–Crippen LogP) is 1.86. The van der Waals surface area contributed by atoms with Crippen LogP contribution in [0.5, 0.6) is 0 Å². The summed E-state index contributed by atoms with van der Waals surface area (Å²) >= 11 is 1.52. The summed E-state index contributed by atoms with van der Waals surface area (Å²) < 4.78 is 5.00. The minimum absolute atomic E-state index is 0.328. The molecule has 0 spiro atoms. The second kappa shape index (κ2) is 7.33. The van der Waals surface area contributed by atoms with Crippen LogP contribution in [0.1, 0.15) is 29.2 Å². The van der Waals surface area contributed by atoms with Gasteiger partial charge in [0, 0.05) is 18.0 Å². The van der Waals surface area contributed by atoms with Gasteiger partial charge >= 0.3 is 5.97 Å². The molecule has 0 saturated heterocycles. The number of likely N-dealkylation sites (N-methyl/N-ethyl adjacent to an activating group) is 1. The second-order valence-electron chi connectivity index (χ2n) is 4.09. The summed E-state index contributed by atoms with van der Waals surface area (Å²) in [6.07, 6.45) is 0.793. The minimum Gasteiger partial charge on any atom is -0.461 e. The van der Waals surface area contributed by atoms with Crippen molar-refractivity contribution in [2.24, 2.45) is 0 Å². The number of nitrogens with zero attached hydrogens (tertiary/aromatic N) is 2. The quantitative estimate of drug-likeness (QED) is 0.767. The summed E-state index contributed by atoms with van der Waals surface area (Å²) in [7, 11) is 4.04. The molecule has 0 atom stereocenters. The van der Waals surface area contributed by atoms with Crippen LogP contribution in [0.15, 0.2) is 0 Å². The molecule has 18 heavy (non-hydrogen) atoms. The van der Waals surface area contributed by atoms with Crippen molar-refractivity contribution in [3.63, 3.8) is 0 Å². The second-order valence-corrected chi connectivity index (χ2v) is 5.18. The van der Waals surface area contributed by atoms with Crippen molar-refractivity contribution in [1.29, 1.82) is 0 Å². The number of aromatic nitrogens is 1. The van der Waals surface area contributed by atoms with Crippen LogP contribution in [0.4, 0.5) is 5.13 Å². The van der Waals surface area contributed by atoms with Gasteiger partial charge in [0.25, 0.3) is 0 Å². The molecule has 0 unspecified atom stereocenters. The van der Waals surface area contributed by atoms with Crippen LogP contribution in [-0.2, 0) is 11.2 Å². The number of rotatable bonds is 7. The topological polar surface area (TPSA) is 54.5 Å². The molecule has 0 amide bonds. The van der Waals surface area contributed by atoms with E-state index in [9.17, 15) is 4.79 Å². The Morgan fingerprint density at radius 1 is 1.44 bits per heavy atom. The number of aryl methyl sites for hydroxylation is 1. The molecule has 5 nitrogen and oxygen atoms in total. The molecule has 0 bridgehead atoms. The molecule has 1 aromatic heterocycles. The third-order valence-electron chi connectivity index (χ3n) is 2.32. The van der Waals surface area contributed by atoms with Crippen LogP contribution in [0.2, 0.25) is 0 Å². The van der Waals surface area contributed by atoms with Gasteiger partial charge in [-0.05, 0) is 27.4 Å². The Morgan fingerprint density at radius 2 is 2.17 bits per heavy atom. The van der Waals surface area contributed by atoms with Gasteiger partial charge in [-0.25, -0.2) is 9.78 Å². The molecule has 1 heterocycles. The Hall–Kier alpha value is -1.14. The highest BCUT2D eigenvalue weighted by molar-refractivity contribution is 7.15. The first-order valence-electron chi connectivity index (χ1n) is 6.13. The third-order valence-corrected chi connectivity index (χ3v) is 3.48. The molecule has 0 saturated carbocycles. The fraction of sp³-hybridized carbons (Fsp3) is 0.667. The molecule has 102 valence electrons. The summed E-state index contributed by atoms with van der Waals surface area (Å²) in [6, 6.07) is 0. The average molecular weight is 271 g/mol. The minimum atomic E-state index is -0.328. The number of hydrogen-bond donors (Lipinski definition) is 1. The molecule has 0 fully saturated rings. The van der Waals surface area contributed by atoms with Crippen LogP contribution >= 0.6 is 11.3 Å². The van der Waals surface area contributed by atoms with Crippen molar-refractivity contribution in [3.8, 4) is 0 Å². The number of ether oxygens (including phenoxy) is 1. The third kappa shape index (κ3) is 4.27. The lowest BCUT2D eigenvalue weighted by molar-refractivity contribution is 0.0519. The Morgan fingerprint density at radius 3 is 2.72 bits per heavy atom. The van der Waals surface area contributed by atoms with E-state index < -0.39 is 0 Å². The fourth-order valence-electron chi connectivity index (χ4n) is 1.41. The van der Waals surface area contributed by atoms with Gasteiger partial charge in [-0.1, -0.05) is 6.92 Å². The SMILES string of the molecule is CCOC(=O)c1nc(NCCN(C)C)sc1CC. The summed E-state index contributed by atoms with van der Waals surface area (Å²) in [5, 5.41) is 4.01. The molecule has 1 N–H and O–H groups in total. The number of carbonyl (C=O) groups excluding carboxylic acids is 1. The fourth-order valence-corrected chi connectivity index (χ4v) is 2.33. The van der Waals surface area contributed by atoms with Gasteiger partial charge in [0.15, 0.2) is 10.8 Å². The summed E-state index contributed by atoms with van der Waals surface area (Å²) in [6.45, 7) is 5.93. The van der Waals surface area contributed by atoms with Gasteiger partial charge in [0.1, 0.15) is 0 Å². The Labute approximate surface area is 112 Å². The summed E-state index contributed by atoms with van der Waals surface area (Å²) in [4.78, 5) is 19.1. The van der Waals surface area contributed by atoms with E-state index in [0.717, 1.165) is 29.5 Å². The highest BCUT2D eigenvalue weighted by Crippen LogP contribution is 2.24. The van der Waals surface area contributed by atoms with Gasteiger partial charge in [0.2, 0.25) is 0 Å². The van der Waals surface area contributed by atoms with Crippen molar-refractivity contribution in [3.05, 3.63) is 10.6 Å². The number of hydrogen-bond acceptors (Lipinski definition) is 6. The van der Waals surface area contributed by atoms with Gasteiger partial charge in [-0.2, -0.15) is 0 Å². The summed E-state index contributed by atoms with van der Waals surface area (Å²) in [5.41, 5.74) is 0.455. The van der Waals surface area contributed by atoms with Crippen molar-refractivity contribution in [2.45, 2.75) is 20.3 Å². The first-order chi connectivity index (χ1) is 8.58. The van der Waals surface area contributed by atoms with Gasteiger partial charge in [-0.15, -0.1) is 11.3 Å². The standard InChI is InChI=1S/C12H21N3O2S/c1-5-9-10(11(16)17-6-2)14-12(18-9)13-7-8-15(3)4/h5-8H2,1-4H3,(H,13,14). The van der Waals surface area contributed by atoms with E-state index in [2.05, 4.69) is 15.2 Å². The lowest BCUT2D eigenvalue weighted by Gasteiger charge is -2.08. The van der Waals surface area contributed by atoms with E-state index >= 15 is 0 Å². The molecule has 0 radical (unpaired) electrons. The highest BCUT2D eigenvalue weighted by atomic mass is 32.1. The molecule has 0 aliphatic carbocycles. The average Bonchev–Trinajstić information content (AvgIpc) is 2.72. The number of anilines is 1. The van der Waals surface area contributed by atoms with E-state index in [1.165, 1.54) is 11.3 Å². The summed E-state index contributed by atoms with van der Waals surface area (Å²) in [5.74, 6) is -0.328. The smallest absolute Gasteiger partial charge is 0.358 e. The Kier molecular flexibility index (Phi) is 6.07. The van der Waals surface area contributed by atoms with Crippen LogP contribution < -0.4 is 5.32 Å². The van der Waals surface area contributed by atoms with Crippen LogP contribution in [0, 0.1) is 0 Å². The molecule has 0 aliphatic heterocycles. The maximum Gasteiger partial charge on any atom is 0.358 e. The first-order valence-corrected chi connectivity index (χ1v) is 6.95. The van der Waals surface area contributed by atoms with Crippen LogP contribution in [-0.4, -0.2) is 49.6 Å². The van der Waals surface area contributed by atoms with Gasteiger partial charge in [0.05, 0.1) is 6.61 Å². The maximum absolute atomic E-state index is 11.7. The van der Waals surface area contributed by atoms with E-state index in [1.54, 1.807) is 6.92 Å². The van der Waals surface area contributed by atoms with E-state index in [1.807, 2.05) is 21.0 Å². The lowest BCUT2D eigenvalue weighted by atomic mass is 10.3. The number of thiazole rings is 1. The number of carbonyl (C=O) groups is 1. The Balaban J connectivity index is 2.68. The zero-order chi connectivity index (χ0) is 13.5. The van der Waals surface area contributed by atoms with Crippen molar-refractivity contribution >= 4 is 22.4 Å². The molecule has 6 heteroatoms. The van der Waals surface area contributed by atoms with Crippen molar-refractivity contribution in [2.75, 3.05) is 39.1 Å². The first kappa shape index (κ1) is 14.9. The monoisotopic (exact) mass is 271 g/mol. The molecule has 0 aliphatic rings. The van der Waals surface area contributed by atoms with E-state index in [-0.39, 0.29) is 5.97 Å². The van der Waals surface area contributed by atoms with Crippen LogP contribution in [0.3, 0.4) is 0 Å². The largest absolute Gasteiger partial charge is 0.461 e. The van der Waals surface area contributed by atoms with E-state index in [4.69, 9.17) is 4.74 Å². The molecule has 0 aromatic carbocycles. The predicted molar refractivity (Wildman–Crippen MR) is 74.5 cm³/mol. The number of nitrogens with one attached hydrogen (secondary N) is 1. The molecular formula is C12H21N3O2S. The molecule has 1 rings (SSSR count). The normalized spacial score (nSPS) is 10.7. The zero-order valence-electron chi connectivity index (χ0n) is 11.4. The van der Waals surface area contributed by atoms with Crippen molar-refractivity contribution < 1.29 is 9.53 Å². The molecule has 1 aromatic rings. The van der Waals surface area contributed by atoms with Crippen LogP contribution in [0.25, 0.3) is 0 Å². The highest BCUT2D eigenvalue weighted by Gasteiger charge is 2.17. The number of esters is 1. The van der Waals surface area contributed by atoms with Crippen molar-refractivity contribution in [1.82, 2.24) is 9.88 Å².